The number of carbonyl (C=O) groups excluding carboxylic acids is 1. The van der Waals surface area contributed by atoms with E-state index >= 15 is 0 Å². The van der Waals surface area contributed by atoms with E-state index in [9.17, 15) is 9.59 Å². The van der Waals surface area contributed by atoms with Crippen molar-refractivity contribution >= 4 is 50.9 Å². The highest BCUT2D eigenvalue weighted by Crippen LogP contribution is 2.37. The Balaban J connectivity index is 1.96. The minimum Gasteiger partial charge on any atom is -0.496 e. The molecule has 2 aromatic carbocycles. The van der Waals surface area contributed by atoms with Gasteiger partial charge in [0.25, 0.3) is 5.56 Å². The van der Waals surface area contributed by atoms with Crippen LogP contribution in [-0.4, -0.2) is 38.5 Å². The number of hydrogen-bond donors (Lipinski definition) is 0. The van der Waals surface area contributed by atoms with Crippen molar-refractivity contribution in [1.29, 1.82) is 0 Å². The first kappa shape index (κ1) is 27.0. The van der Waals surface area contributed by atoms with Crippen LogP contribution < -0.4 is 29.1 Å². The first-order valence-corrected chi connectivity index (χ1v) is 13.2. The number of halogens is 2. The van der Waals surface area contributed by atoms with E-state index in [1.807, 2.05) is 12.1 Å². The highest BCUT2D eigenvalue weighted by Gasteiger charge is 2.33. The minimum atomic E-state index is -0.742. The minimum absolute atomic E-state index is 0.194. The summed E-state index contributed by atoms with van der Waals surface area (Å²) in [4.78, 5) is 31.9. The van der Waals surface area contributed by atoms with E-state index in [4.69, 9.17) is 30.5 Å². The summed E-state index contributed by atoms with van der Waals surface area (Å²) in [6, 6.07) is 8.10. The van der Waals surface area contributed by atoms with E-state index in [2.05, 4.69) is 20.9 Å². The van der Waals surface area contributed by atoms with E-state index in [1.54, 1.807) is 45.2 Å². The zero-order valence-electron chi connectivity index (χ0n) is 20.8. The smallest absolute Gasteiger partial charge is 0.338 e. The molecule has 0 spiro atoms. The maximum Gasteiger partial charge on any atom is 0.338 e. The highest BCUT2D eigenvalue weighted by atomic mass is 79.9. The molecule has 1 aromatic heterocycles. The van der Waals surface area contributed by atoms with Gasteiger partial charge in [-0.15, -0.1) is 0 Å². The number of esters is 1. The Labute approximate surface area is 230 Å². The van der Waals surface area contributed by atoms with Crippen molar-refractivity contribution in [2.75, 3.05) is 27.9 Å². The maximum atomic E-state index is 13.8. The van der Waals surface area contributed by atoms with Gasteiger partial charge in [-0.3, -0.25) is 9.36 Å². The number of nitrogens with zero attached hydrogens (tertiary/aromatic N) is 2. The lowest BCUT2D eigenvalue weighted by atomic mass is 9.96. The Hall–Kier alpha value is -3.08. The van der Waals surface area contributed by atoms with Crippen LogP contribution in [0.5, 0.6) is 17.2 Å². The van der Waals surface area contributed by atoms with Crippen molar-refractivity contribution in [3.05, 3.63) is 81.9 Å². The molecule has 0 radical (unpaired) electrons. The molecule has 37 heavy (non-hydrogen) atoms. The fourth-order valence-corrected chi connectivity index (χ4v) is 6.03. The van der Waals surface area contributed by atoms with Gasteiger partial charge in [-0.25, -0.2) is 9.79 Å². The summed E-state index contributed by atoms with van der Waals surface area (Å²) < 4.78 is 24.0. The summed E-state index contributed by atoms with van der Waals surface area (Å²) in [5.41, 5.74) is 1.83. The van der Waals surface area contributed by atoms with E-state index in [1.165, 1.54) is 30.1 Å². The van der Waals surface area contributed by atoms with Crippen LogP contribution in [0.4, 0.5) is 0 Å². The Kier molecular flexibility index (Phi) is 8.11. The lowest BCUT2D eigenvalue weighted by molar-refractivity contribution is -0.139. The Morgan fingerprint density at radius 2 is 1.89 bits per heavy atom. The number of rotatable bonds is 7. The zero-order chi connectivity index (χ0) is 26.9. The molecular weight excluding hydrogens is 584 g/mol. The fourth-order valence-electron chi connectivity index (χ4n) is 4.13. The summed E-state index contributed by atoms with van der Waals surface area (Å²) in [5, 5.41) is 0.349. The van der Waals surface area contributed by atoms with Gasteiger partial charge in [-0.05, 0) is 71.2 Å². The molecule has 8 nitrogen and oxygen atoms in total. The normalized spacial score (nSPS) is 15.2. The summed E-state index contributed by atoms with van der Waals surface area (Å²) in [5.74, 6) is 0.944. The summed E-state index contributed by atoms with van der Waals surface area (Å²) in [6.07, 6.45) is 1.71. The monoisotopic (exact) mass is 606 g/mol. The second-order valence-corrected chi connectivity index (χ2v) is 10.2. The number of ether oxygens (including phenoxy) is 4. The molecule has 1 aliphatic rings. The van der Waals surface area contributed by atoms with Gasteiger partial charge in [-0.2, -0.15) is 0 Å². The van der Waals surface area contributed by atoms with Gasteiger partial charge in [0.05, 0.1) is 59.3 Å². The van der Waals surface area contributed by atoms with Gasteiger partial charge < -0.3 is 18.9 Å². The third-order valence-electron chi connectivity index (χ3n) is 5.76. The predicted octanol–water partition coefficient (Wildman–Crippen LogP) is 4.24. The standard InChI is InChI=1S/C26H24BrClN2O6S/c1-6-36-25(32)21-13(2)29-26-30(22(21)15-7-8-18(33-3)16(27)12-15)24(31)20(37-26)11-14-9-17(28)23(35-5)19(10-14)34-4/h7-12,22H,6H2,1-5H3/b20-11+/t22-/m0/s1. The molecule has 1 aliphatic heterocycles. The second-order valence-electron chi connectivity index (χ2n) is 7.93. The molecule has 194 valence electrons. The molecule has 4 rings (SSSR count). The van der Waals surface area contributed by atoms with Gasteiger partial charge in [0.15, 0.2) is 16.3 Å². The number of thiazole rings is 1. The van der Waals surface area contributed by atoms with Crippen molar-refractivity contribution in [1.82, 2.24) is 4.57 Å². The molecule has 0 saturated carbocycles. The number of hydrogen-bond acceptors (Lipinski definition) is 8. The van der Waals surface area contributed by atoms with Gasteiger partial charge >= 0.3 is 5.97 Å². The largest absolute Gasteiger partial charge is 0.496 e. The van der Waals surface area contributed by atoms with Crippen LogP contribution in [0.15, 0.2) is 55.9 Å². The lowest BCUT2D eigenvalue weighted by Crippen LogP contribution is -2.40. The average Bonchev–Trinajstić information content (AvgIpc) is 3.16. The number of aromatic nitrogens is 1. The van der Waals surface area contributed by atoms with Crippen molar-refractivity contribution < 1.29 is 23.7 Å². The molecule has 0 fully saturated rings. The second kappa shape index (κ2) is 11.1. The molecule has 3 aromatic rings. The van der Waals surface area contributed by atoms with E-state index in [0.717, 1.165) is 0 Å². The molecule has 0 bridgehead atoms. The molecule has 1 atom stereocenters. The van der Waals surface area contributed by atoms with Crippen LogP contribution in [0.2, 0.25) is 5.02 Å². The summed E-state index contributed by atoms with van der Waals surface area (Å²) in [7, 11) is 4.58. The molecule has 0 saturated heterocycles. The van der Waals surface area contributed by atoms with Gasteiger partial charge in [-0.1, -0.05) is 29.0 Å². The van der Waals surface area contributed by atoms with E-state index < -0.39 is 12.0 Å². The molecule has 0 amide bonds. The number of benzene rings is 2. The van der Waals surface area contributed by atoms with Crippen LogP contribution in [0.3, 0.4) is 0 Å². The third-order valence-corrected chi connectivity index (χ3v) is 7.65. The topological polar surface area (TPSA) is 88.4 Å². The van der Waals surface area contributed by atoms with E-state index in [-0.39, 0.29) is 12.2 Å². The molecule has 11 heteroatoms. The van der Waals surface area contributed by atoms with Crippen molar-refractivity contribution in [2.24, 2.45) is 4.99 Å². The first-order valence-electron chi connectivity index (χ1n) is 11.2. The number of methoxy groups -OCH3 is 3. The summed E-state index contributed by atoms with van der Waals surface area (Å²) in [6.45, 7) is 3.67. The predicted molar refractivity (Wildman–Crippen MR) is 146 cm³/mol. The van der Waals surface area contributed by atoms with Crippen molar-refractivity contribution in [3.63, 3.8) is 0 Å². The third kappa shape index (κ3) is 5.05. The fraction of sp³-hybridized carbons (Fsp3) is 0.269. The first-order chi connectivity index (χ1) is 17.7. The van der Waals surface area contributed by atoms with Crippen LogP contribution in [0, 0.1) is 0 Å². The Bertz CT molecular complexity index is 1590. The number of fused-ring (bicyclic) bond motifs is 1. The van der Waals surface area contributed by atoms with Crippen LogP contribution in [0.1, 0.15) is 31.0 Å². The highest BCUT2D eigenvalue weighted by molar-refractivity contribution is 9.10. The molecular formula is C26H24BrClN2O6S. The number of allylic oxidation sites excluding steroid dienone is 1. The summed E-state index contributed by atoms with van der Waals surface area (Å²) >= 11 is 11.1. The number of carbonyl (C=O) groups is 1. The maximum absolute atomic E-state index is 13.8. The molecule has 0 unspecified atom stereocenters. The van der Waals surface area contributed by atoms with E-state index in [0.29, 0.717) is 58.5 Å². The zero-order valence-corrected chi connectivity index (χ0v) is 23.9. The molecule has 0 N–H and O–H groups in total. The van der Waals surface area contributed by atoms with Crippen LogP contribution in [0.25, 0.3) is 6.08 Å². The van der Waals surface area contributed by atoms with Gasteiger partial charge in [0, 0.05) is 0 Å². The van der Waals surface area contributed by atoms with Crippen molar-refractivity contribution in [3.8, 4) is 17.2 Å². The quantitative estimate of drug-likeness (QED) is 0.374. The molecule has 0 aliphatic carbocycles. The average molecular weight is 608 g/mol. The van der Waals surface area contributed by atoms with Gasteiger partial charge in [0.2, 0.25) is 0 Å². The lowest BCUT2D eigenvalue weighted by Gasteiger charge is -2.25. The molecule has 2 heterocycles. The van der Waals surface area contributed by atoms with Crippen LogP contribution in [-0.2, 0) is 9.53 Å². The Morgan fingerprint density at radius 3 is 2.51 bits per heavy atom. The Morgan fingerprint density at radius 1 is 1.16 bits per heavy atom. The van der Waals surface area contributed by atoms with Crippen LogP contribution >= 0.6 is 38.9 Å². The van der Waals surface area contributed by atoms with Crippen molar-refractivity contribution in [2.45, 2.75) is 19.9 Å². The SMILES string of the molecule is CCOC(=O)C1=C(C)N=c2s/c(=C/c3cc(Cl)c(OC)c(OC)c3)c(=O)n2[C@H]1c1ccc(OC)c(Br)c1. The van der Waals surface area contributed by atoms with Gasteiger partial charge in [0.1, 0.15) is 5.75 Å².